The van der Waals surface area contributed by atoms with E-state index in [9.17, 15) is 0 Å². The highest BCUT2D eigenvalue weighted by molar-refractivity contribution is 5.34. The van der Waals surface area contributed by atoms with Crippen molar-refractivity contribution >= 4 is 0 Å². The van der Waals surface area contributed by atoms with Crippen molar-refractivity contribution in [3.63, 3.8) is 0 Å². The first kappa shape index (κ1) is 12.5. The summed E-state index contributed by atoms with van der Waals surface area (Å²) in [6.45, 7) is 2.98. The van der Waals surface area contributed by atoms with Crippen LogP contribution in [-0.4, -0.2) is 23.9 Å². The van der Waals surface area contributed by atoms with Gasteiger partial charge >= 0.3 is 0 Å². The van der Waals surface area contributed by atoms with Gasteiger partial charge < -0.3 is 10.1 Å². The van der Waals surface area contributed by atoms with Crippen LogP contribution in [0.5, 0.6) is 5.75 Å². The fraction of sp³-hybridized carbons (Fsp3) is 0.286. The van der Waals surface area contributed by atoms with Crippen molar-refractivity contribution in [3.05, 3.63) is 53.9 Å². The van der Waals surface area contributed by atoms with Gasteiger partial charge in [0.25, 0.3) is 0 Å². The second-order valence-corrected chi connectivity index (χ2v) is 3.94. The number of aromatic nitrogens is 2. The Balaban J connectivity index is 2.29. The van der Waals surface area contributed by atoms with Crippen molar-refractivity contribution in [2.45, 2.75) is 13.0 Å². The molecule has 2 rings (SSSR count). The smallest absolute Gasteiger partial charge is 0.118 e. The highest BCUT2D eigenvalue weighted by atomic mass is 16.5. The van der Waals surface area contributed by atoms with Crippen LogP contribution in [0.1, 0.15) is 24.1 Å². The molecule has 2 aromatic rings. The molecule has 0 radical (unpaired) electrons. The molecule has 0 aliphatic carbocycles. The number of nitrogens with one attached hydrogen (secondary N) is 1. The summed E-state index contributed by atoms with van der Waals surface area (Å²) >= 11 is 0. The van der Waals surface area contributed by atoms with Gasteiger partial charge in [0.15, 0.2) is 0 Å². The van der Waals surface area contributed by atoms with Crippen molar-refractivity contribution in [1.82, 2.24) is 15.5 Å². The van der Waals surface area contributed by atoms with Gasteiger partial charge in [-0.05, 0) is 35.9 Å². The zero-order chi connectivity index (χ0) is 12.8. The summed E-state index contributed by atoms with van der Waals surface area (Å²) in [5, 5.41) is 11.2. The fourth-order valence-corrected chi connectivity index (χ4v) is 1.90. The van der Waals surface area contributed by atoms with E-state index in [1.54, 1.807) is 19.5 Å². The van der Waals surface area contributed by atoms with Crippen LogP contribution in [0.25, 0.3) is 0 Å². The Morgan fingerprint density at radius 3 is 2.44 bits per heavy atom. The number of benzene rings is 1. The Kier molecular flexibility index (Phi) is 4.25. The highest BCUT2D eigenvalue weighted by Gasteiger charge is 2.12. The first-order chi connectivity index (χ1) is 8.85. The molecule has 0 fully saturated rings. The van der Waals surface area contributed by atoms with Crippen molar-refractivity contribution in [1.29, 1.82) is 0 Å². The Bertz CT molecular complexity index is 470. The van der Waals surface area contributed by atoms with E-state index in [1.165, 1.54) is 5.56 Å². The summed E-state index contributed by atoms with van der Waals surface area (Å²) in [5.41, 5.74) is 2.29. The third-order valence-corrected chi connectivity index (χ3v) is 2.80. The van der Waals surface area contributed by atoms with Gasteiger partial charge in [-0.2, -0.15) is 10.2 Å². The largest absolute Gasteiger partial charge is 0.497 e. The highest BCUT2D eigenvalue weighted by Crippen LogP contribution is 2.23. The van der Waals surface area contributed by atoms with Crippen molar-refractivity contribution < 1.29 is 4.74 Å². The van der Waals surface area contributed by atoms with Crippen LogP contribution in [0.3, 0.4) is 0 Å². The van der Waals surface area contributed by atoms with Crippen molar-refractivity contribution in [2.24, 2.45) is 0 Å². The van der Waals surface area contributed by atoms with Gasteiger partial charge in [-0.3, -0.25) is 0 Å². The van der Waals surface area contributed by atoms with Crippen LogP contribution in [0.4, 0.5) is 0 Å². The van der Waals surface area contributed by atoms with Gasteiger partial charge in [0.2, 0.25) is 0 Å². The molecule has 0 aliphatic heterocycles. The Morgan fingerprint density at radius 1 is 1.11 bits per heavy atom. The molecule has 0 saturated heterocycles. The summed E-state index contributed by atoms with van der Waals surface area (Å²) in [6, 6.07) is 10.2. The minimum absolute atomic E-state index is 0.136. The molecule has 0 aliphatic rings. The van der Waals surface area contributed by atoms with Crippen molar-refractivity contribution in [2.75, 3.05) is 13.7 Å². The number of methoxy groups -OCH3 is 1. The van der Waals surface area contributed by atoms with Gasteiger partial charge in [-0.25, -0.2) is 0 Å². The van der Waals surface area contributed by atoms with Crippen LogP contribution < -0.4 is 10.1 Å². The molecular weight excluding hydrogens is 226 g/mol. The molecule has 4 nitrogen and oxygen atoms in total. The molecule has 18 heavy (non-hydrogen) atoms. The minimum Gasteiger partial charge on any atom is -0.497 e. The average Bonchev–Trinajstić information content (AvgIpc) is 2.46. The van der Waals surface area contributed by atoms with E-state index in [4.69, 9.17) is 4.74 Å². The summed E-state index contributed by atoms with van der Waals surface area (Å²) < 4.78 is 5.17. The number of rotatable bonds is 5. The van der Waals surface area contributed by atoms with E-state index in [0.717, 1.165) is 17.9 Å². The Labute approximate surface area is 107 Å². The van der Waals surface area contributed by atoms with Crippen LogP contribution in [0.15, 0.2) is 42.7 Å². The zero-order valence-corrected chi connectivity index (χ0v) is 10.6. The summed E-state index contributed by atoms with van der Waals surface area (Å²) in [6.07, 6.45) is 3.50. The molecule has 4 heteroatoms. The second-order valence-electron chi connectivity index (χ2n) is 3.94. The Morgan fingerprint density at radius 2 is 1.89 bits per heavy atom. The lowest BCUT2D eigenvalue weighted by Crippen LogP contribution is -2.22. The van der Waals surface area contributed by atoms with Crippen molar-refractivity contribution in [3.8, 4) is 5.75 Å². The maximum Gasteiger partial charge on any atom is 0.118 e. The monoisotopic (exact) mass is 243 g/mol. The fourth-order valence-electron chi connectivity index (χ4n) is 1.90. The van der Waals surface area contributed by atoms with E-state index in [2.05, 4.69) is 34.6 Å². The van der Waals surface area contributed by atoms with Crippen LogP contribution in [0.2, 0.25) is 0 Å². The van der Waals surface area contributed by atoms with Crippen LogP contribution in [-0.2, 0) is 0 Å². The molecule has 1 aromatic heterocycles. The molecule has 0 spiro atoms. The molecule has 0 amide bonds. The molecular formula is C14H17N3O. The number of nitrogens with zero attached hydrogens (tertiary/aromatic N) is 2. The van der Waals surface area contributed by atoms with Gasteiger partial charge in [0.05, 0.1) is 19.3 Å². The lowest BCUT2D eigenvalue weighted by Gasteiger charge is -2.18. The molecule has 1 N–H and O–H groups in total. The second kappa shape index (κ2) is 6.12. The third kappa shape index (κ3) is 2.84. The molecule has 1 aromatic carbocycles. The average molecular weight is 243 g/mol. The predicted octanol–water partition coefficient (Wildman–Crippen LogP) is 2.18. The molecule has 1 heterocycles. The van der Waals surface area contributed by atoms with E-state index in [-0.39, 0.29) is 6.04 Å². The predicted molar refractivity (Wildman–Crippen MR) is 70.5 cm³/mol. The van der Waals surface area contributed by atoms with Gasteiger partial charge in [-0.1, -0.05) is 19.1 Å². The molecule has 94 valence electrons. The minimum atomic E-state index is 0.136. The first-order valence-electron chi connectivity index (χ1n) is 5.99. The molecule has 0 saturated carbocycles. The first-order valence-corrected chi connectivity index (χ1v) is 5.99. The summed E-state index contributed by atoms with van der Waals surface area (Å²) in [5.74, 6) is 0.863. The number of hydrogen-bond acceptors (Lipinski definition) is 4. The topological polar surface area (TPSA) is 47.0 Å². The molecule has 1 unspecified atom stereocenters. The third-order valence-electron chi connectivity index (χ3n) is 2.80. The molecule has 0 bridgehead atoms. The van der Waals surface area contributed by atoms with E-state index in [1.807, 2.05) is 18.2 Å². The van der Waals surface area contributed by atoms with Gasteiger partial charge in [0.1, 0.15) is 5.75 Å². The molecule has 1 atom stereocenters. The van der Waals surface area contributed by atoms with E-state index < -0.39 is 0 Å². The van der Waals surface area contributed by atoms with Gasteiger partial charge in [0, 0.05) is 6.20 Å². The van der Waals surface area contributed by atoms with Crippen LogP contribution >= 0.6 is 0 Å². The number of ether oxygens (including phenoxy) is 1. The standard InChI is InChI=1S/C14H17N3O/c1-3-15-14(12-8-9-16-17-10-12)11-4-6-13(18-2)7-5-11/h4-10,14-15H,3H2,1-2H3. The zero-order valence-electron chi connectivity index (χ0n) is 10.6. The maximum atomic E-state index is 5.17. The lowest BCUT2D eigenvalue weighted by atomic mass is 10.0. The van der Waals surface area contributed by atoms with E-state index in [0.29, 0.717) is 0 Å². The SMILES string of the molecule is CCNC(c1ccc(OC)cc1)c1ccnnc1. The lowest BCUT2D eigenvalue weighted by molar-refractivity contribution is 0.414. The van der Waals surface area contributed by atoms with Crippen LogP contribution in [0, 0.1) is 0 Å². The quantitative estimate of drug-likeness (QED) is 0.874. The van der Waals surface area contributed by atoms with Gasteiger partial charge in [-0.15, -0.1) is 0 Å². The summed E-state index contributed by atoms with van der Waals surface area (Å²) in [7, 11) is 1.67. The Hall–Kier alpha value is -1.94. The normalized spacial score (nSPS) is 12.1. The number of hydrogen-bond donors (Lipinski definition) is 1. The maximum absolute atomic E-state index is 5.17. The summed E-state index contributed by atoms with van der Waals surface area (Å²) in [4.78, 5) is 0. The van der Waals surface area contributed by atoms with E-state index >= 15 is 0 Å².